The highest BCUT2D eigenvalue weighted by Crippen LogP contribution is 2.38. The van der Waals surface area contributed by atoms with Crippen molar-refractivity contribution in [1.82, 2.24) is 19.8 Å². The Kier molecular flexibility index (Phi) is 9.06. The number of hydrogen-bond acceptors (Lipinski definition) is 6. The number of unbranched alkanes of at least 4 members (excludes halogenated alkanes) is 1. The van der Waals surface area contributed by atoms with Gasteiger partial charge in [-0.25, -0.2) is 0 Å². The molecule has 222 valence electrons. The van der Waals surface area contributed by atoms with Crippen LogP contribution in [0.15, 0.2) is 60.9 Å². The third-order valence-corrected chi connectivity index (χ3v) is 13.8. The van der Waals surface area contributed by atoms with Gasteiger partial charge in [0.25, 0.3) is 11.8 Å². The molecule has 0 N–H and O–H groups in total. The van der Waals surface area contributed by atoms with E-state index >= 15 is 0 Å². The van der Waals surface area contributed by atoms with Gasteiger partial charge in [0.15, 0.2) is 8.32 Å². The molecular formula is C34H44N4O3Si. The van der Waals surface area contributed by atoms with Crippen molar-refractivity contribution in [2.24, 2.45) is 0 Å². The van der Waals surface area contributed by atoms with Gasteiger partial charge in [0.2, 0.25) is 0 Å². The number of hydrogen-bond donors (Lipinski definition) is 0. The van der Waals surface area contributed by atoms with Crippen LogP contribution in [0.25, 0.3) is 0 Å². The van der Waals surface area contributed by atoms with E-state index in [9.17, 15) is 9.59 Å². The van der Waals surface area contributed by atoms with Crippen molar-refractivity contribution in [2.45, 2.75) is 90.2 Å². The fourth-order valence-corrected chi connectivity index (χ4v) is 6.67. The zero-order valence-electron chi connectivity index (χ0n) is 25.7. The Bertz CT molecular complexity index is 1400. The number of aromatic nitrogens is 2. The van der Waals surface area contributed by atoms with Gasteiger partial charge < -0.3 is 4.43 Å². The van der Waals surface area contributed by atoms with Crippen LogP contribution in [0.1, 0.15) is 95.7 Å². The van der Waals surface area contributed by atoms with Crippen LogP contribution >= 0.6 is 0 Å². The third kappa shape index (κ3) is 6.41. The molecule has 0 bridgehead atoms. The molecular weight excluding hydrogens is 540 g/mol. The van der Waals surface area contributed by atoms with Crippen LogP contribution in [-0.4, -0.2) is 53.0 Å². The van der Waals surface area contributed by atoms with E-state index in [2.05, 4.69) is 50.9 Å². The summed E-state index contributed by atoms with van der Waals surface area (Å²) in [5.41, 5.74) is 5.69. The molecule has 3 aromatic rings. The van der Waals surface area contributed by atoms with Crippen LogP contribution in [0.2, 0.25) is 18.1 Å². The minimum atomic E-state index is -1.92. The molecule has 1 aliphatic carbocycles. The Hall–Kier alpha value is -3.20. The maximum absolute atomic E-state index is 12.9. The Morgan fingerprint density at radius 2 is 1.64 bits per heavy atom. The minimum Gasteiger partial charge on any atom is -0.412 e. The molecule has 0 spiro atoms. The van der Waals surface area contributed by atoms with Gasteiger partial charge in [-0.3, -0.25) is 29.4 Å². The number of fused-ring (bicyclic) bond motifs is 2. The van der Waals surface area contributed by atoms with Gasteiger partial charge in [-0.05, 0) is 92.2 Å². The summed E-state index contributed by atoms with van der Waals surface area (Å²) in [6, 6.07) is 15.7. The lowest BCUT2D eigenvalue weighted by atomic mass is 9.90. The first-order valence-corrected chi connectivity index (χ1v) is 18.2. The number of nitrogens with zero attached hydrogens (tertiary/aromatic N) is 4. The van der Waals surface area contributed by atoms with Crippen LogP contribution in [0.3, 0.4) is 0 Å². The van der Waals surface area contributed by atoms with E-state index in [1.54, 1.807) is 12.1 Å². The van der Waals surface area contributed by atoms with E-state index in [0.717, 1.165) is 49.9 Å². The van der Waals surface area contributed by atoms with Crippen molar-refractivity contribution in [3.63, 3.8) is 0 Å². The average Bonchev–Trinajstić information content (AvgIpc) is 3.22. The SMILES string of the molecule is CC(C)(C)[Si](C)(C)OCc1cccnc1CN(CCCCN1C(=O)c2ccccc2C1=O)C1CCCc2cccnc21. The topological polar surface area (TPSA) is 75.6 Å². The first-order chi connectivity index (χ1) is 20.1. The molecule has 3 heterocycles. The lowest BCUT2D eigenvalue weighted by Crippen LogP contribution is -2.40. The molecule has 0 saturated heterocycles. The van der Waals surface area contributed by atoms with Gasteiger partial charge >= 0.3 is 0 Å². The molecule has 1 atom stereocenters. The summed E-state index contributed by atoms with van der Waals surface area (Å²) in [6.07, 6.45) is 8.60. The van der Waals surface area contributed by atoms with Crippen LogP contribution in [0.4, 0.5) is 0 Å². The van der Waals surface area contributed by atoms with Crippen molar-refractivity contribution in [3.8, 4) is 0 Å². The summed E-state index contributed by atoms with van der Waals surface area (Å²) in [4.78, 5) is 39.3. The van der Waals surface area contributed by atoms with Gasteiger partial charge in [-0.15, -0.1) is 0 Å². The Labute approximate surface area is 251 Å². The van der Waals surface area contributed by atoms with Crippen LogP contribution in [-0.2, 0) is 24.0 Å². The standard InChI is InChI=1S/C34H44N4O3Si/c1-34(2,3)42(4,5)41-24-26-15-12-19-35-29(26)23-37(30-18-10-13-25-14-11-20-36-31(25)30)21-8-9-22-38-32(39)27-16-6-7-17-28(27)33(38)40/h6-7,11-12,14-17,19-20,30H,8-10,13,18,21-24H2,1-5H3. The second-order valence-electron chi connectivity index (χ2n) is 13.1. The molecule has 1 aliphatic heterocycles. The second kappa shape index (κ2) is 12.6. The van der Waals surface area contributed by atoms with E-state index in [1.165, 1.54) is 16.2 Å². The van der Waals surface area contributed by atoms with Gasteiger partial charge in [0, 0.05) is 25.5 Å². The molecule has 5 rings (SSSR count). The first-order valence-electron chi connectivity index (χ1n) is 15.3. The molecule has 2 aromatic heterocycles. The molecule has 2 aliphatic rings. The molecule has 8 heteroatoms. The molecule has 2 amide bonds. The normalized spacial score (nSPS) is 17.1. The summed E-state index contributed by atoms with van der Waals surface area (Å²) >= 11 is 0. The third-order valence-electron chi connectivity index (χ3n) is 9.29. The predicted octanol–water partition coefficient (Wildman–Crippen LogP) is 6.95. The zero-order chi connectivity index (χ0) is 29.9. The van der Waals surface area contributed by atoms with Gasteiger partial charge in [-0.1, -0.05) is 45.0 Å². The fourth-order valence-electron chi connectivity index (χ4n) is 5.72. The molecule has 0 saturated carbocycles. The molecule has 1 unspecified atom stereocenters. The smallest absolute Gasteiger partial charge is 0.261 e. The number of rotatable bonds is 11. The van der Waals surface area contributed by atoms with E-state index in [1.807, 2.05) is 36.7 Å². The van der Waals surface area contributed by atoms with E-state index in [0.29, 0.717) is 30.8 Å². The lowest BCUT2D eigenvalue weighted by molar-refractivity contribution is 0.0648. The highest BCUT2D eigenvalue weighted by Gasteiger charge is 2.38. The van der Waals surface area contributed by atoms with Crippen molar-refractivity contribution in [3.05, 3.63) is 94.6 Å². The number of aryl methyl sites for hydroxylation is 1. The molecule has 1 aromatic carbocycles. The zero-order valence-corrected chi connectivity index (χ0v) is 26.7. The van der Waals surface area contributed by atoms with Crippen molar-refractivity contribution in [2.75, 3.05) is 13.1 Å². The average molecular weight is 585 g/mol. The van der Waals surface area contributed by atoms with Crippen molar-refractivity contribution < 1.29 is 14.0 Å². The van der Waals surface area contributed by atoms with Gasteiger partial charge in [0.1, 0.15) is 0 Å². The summed E-state index contributed by atoms with van der Waals surface area (Å²) in [5.74, 6) is -0.365. The van der Waals surface area contributed by atoms with Crippen LogP contribution in [0, 0.1) is 0 Å². The quantitative estimate of drug-likeness (QED) is 0.138. The summed E-state index contributed by atoms with van der Waals surface area (Å²) < 4.78 is 6.60. The van der Waals surface area contributed by atoms with Crippen LogP contribution in [0.5, 0.6) is 0 Å². The van der Waals surface area contributed by atoms with Crippen molar-refractivity contribution >= 4 is 20.1 Å². The number of carbonyl (C=O) groups is 2. The number of amides is 2. The van der Waals surface area contributed by atoms with Crippen molar-refractivity contribution in [1.29, 1.82) is 0 Å². The first kappa shape index (κ1) is 30.3. The summed E-state index contributed by atoms with van der Waals surface area (Å²) in [5, 5.41) is 0.137. The Morgan fingerprint density at radius 1 is 0.952 bits per heavy atom. The fraction of sp³-hybridized carbons (Fsp3) is 0.471. The molecule has 42 heavy (non-hydrogen) atoms. The number of imide groups is 1. The summed E-state index contributed by atoms with van der Waals surface area (Å²) in [7, 11) is -1.92. The predicted molar refractivity (Wildman–Crippen MR) is 168 cm³/mol. The van der Waals surface area contributed by atoms with Gasteiger partial charge in [-0.2, -0.15) is 0 Å². The minimum absolute atomic E-state index is 0.137. The molecule has 0 radical (unpaired) electrons. The Morgan fingerprint density at radius 3 is 2.36 bits per heavy atom. The van der Waals surface area contributed by atoms with E-state index in [-0.39, 0.29) is 22.9 Å². The van der Waals surface area contributed by atoms with Gasteiger partial charge in [0.05, 0.1) is 35.2 Å². The number of benzene rings is 1. The molecule has 0 fully saturated rings. The highest BCUT2D eigenvalue weighted by atomic mass is 28.4. The Balaban J connectivity index is 1.31. The largest absolute Gasteiger partial charge is 0.412 e. The van der Waals surface area contributed by atoms with E-state index in [4.69, 9.17) is 14.4 Å². The van der Waals surface area contributed by atoms with Crippen LogP contribution < -0.4 is 0 Å². The second-order valence-corrected chi connectivity index (χ2v) is 17.9. The molecule has 7 nitrogen and oxygen atoms in total. The summed E-state index contributed by atoms with van der Waals surface area (Å²) in [6.45, 7) is 13.9. The number of pyridine rings is 2. The number of carbonyl (C=O) groups excluding carboxylic acids is 2. The monoisotopic (exact) mass is 584 g/mol. The maximum atomic E-state index is 12.9. The maximum Gasteiger partial charge on any atom is 0.261 e. The van der Waals surface area contributed by atoms with E-state index < -0.39 is 8.32 Å². The lowest BCUT2D eigenvalue weighted by Gasteiger charge is -2.37. The highest BCUT2D eigenvalue weighted by molar-refractivity contribution is 6.74.